The van der Waals surface area contributed by atoms with Crippen LogP contribution in [0, 0.1) is 5.82 Å². The Kier molecular flexibility index (Phi) is 8.28. The van der Waals surface area contributed by atoms with Crippen LogP contribution in [0.3, 0.4) is 0 Å². The van der Waals surface area contributed by atoms with E-state index in [2.05, 4.69) is 31.9 Å². The third kappa shape index (κ3) is 6.25. The van der Waals surface area contributed by atoms with Gasteiger partial charge in [-0.15, -0.1) is 0 Å². The van der Waals surface area contributed by atoms with Crippen LogP contribution in [0.5, 0.6) is 5.88 Å². The molecular formula is C24H28F2N6O3S. The standard InChI is InChI=1S/C24H28F2N6O3S/c1-31-9-11-32(12-10-31)8-4-7-28-24(34)29-23-19(21(27)33)22(30-36-23)35-20(26)17-13-15-5-2-3-6-16(15)14-18(17)25/h2-3,5-6,13-14,20H,4,7-12H2,1H3,(H2,27,33)(H2,28,29,34). The molecule has 1 aliphatic rings. The van der Waals surface area contributed by atoms with E-state index in [-0.39, 0.29) is 16.1 Å². The number of amides is 3. The normalized spacial score (nSPS) is 15.5. The molecule has 2 heterocycles. The van der Waals surface area contributed by atoms with Gasteiger partial charge in [0.15, 0.2) is 0 Å². The molecule has 12 heteroatoms. The first-order chi connectivity index (χ1) is 17.3. The van der Waals surface area contributed by atoms with Gasteiger partial charge in [0.05, 0.1) is 5.56 Å². The maximum Gasteiger partial charge on any atom is 0.319 e. The van der Waals surface area contributed by atoms with E-state index in [0.29, 0.717) is 17.3 Å². The molecule has 0 bridgehead atoms. The summed E-state index contributed by atoms with van der Waals surface area (Å²) in [6.45, 7) is 5.32. The number of anilines is 1. The number of primary amides is 1. The summed E-state index contributed by atoms with van der Waals surface area (Å²) in [6.07, 6.45) is -1.48. The number of urea groups is 1. The molecule has 192 valence electrons. The molecule has 36 heavy (non-hydrogen) atoms. The Bertz CT molecular complexity index is 1230. The average molecular weight is 519 g/mol. The zero-order chi connectivity index (χ0) is 25.7. The monoisotopic (exact) mass is 518 g/mol. The number of piperazine rings is 1. The van der Waals surface area contributed by atoms with Gasteiger partial charge in [-0.1, -0.05) is 24.3 Å². The van der Waals surface area contributed by atoms with Gasteiger partial charge in [-0.05, 0) is 54.5 Å². The number of nitrogens with two attached hydrogens (primary N) is 1. The van der Waals surface area contributed by atoms with E-state index >= 15 is 0 Å². The first-order valence-corrected chi connectivity index (χ1v) is 12.3. The second-order valence-corrected chi connectivity index (χ2v) is 9.36. The summed E-state index contributed by atoms with van der Waals surface area (Å²) in [7, 11) is 2.09. The summed E-state index contributed by atoms with van der Waals surface area (Å²) >= 11 is 0.718. The van der Waals surface area contributed by atoms with Crippen molar-refractivity contribution in [2.45, 2.75) is 12.8 Å². The highest BCUT2D eigenvalue weighted by Crippen LogP contribution is 2.35. The Labute approximate surface area is 211 Å². The van der Waals surface area contributed by atoms with E-state index in [0.717, 1.165) is 50.7 Å². The molecule has 2 aromatic carbocycles. The fraction of sp³-hybridized carbons (Fsp3) is 0.375. The Balaban J connectivity index is 1.35. The number of nitrogens with zero attached hydrogens (tertiary/aromatic N) is 3. The third-order valence-electron chi connectivity index (χ3n) is 5.99. The minimum atomic E-state index is -2.24. The number of halogens is 2. The molecule has 0 saturated carbocycles. The van der Waals surface area contributed by atoms with Gasteiger partial charge in [-0.25, -0.2) is 9.18 Å². The lowest BCUT2D eigenvalue weighted by Crippen LogP contribution is -2.45. The molecule has 3 aromatic rings. The number of fused-ring (bicyclic) bond motifs is 1. The number of carbonyl (C=O) groups excluding carboxylic acids is 2. The molecule has 1 fully saturated rings. The lowest BCUT2D eigenvalue weighted by Gasteiger charge is -2.32. The van der Waals surface area contributed by atoms with E-state index in [9.17, 15) is 18.4 Å². The Morgan fingerprint density at radius 3 is 2.58 bits per heavy atom. The lowest BCUT2D eigenvalue weighted by molar-refractivity contribution is 0.0587. The fourth-order valence-electron chi connectivity index (χ4n) is 3.95. The highest BCUT2D eigenvalue weighted by atomic mass is 32.1. The highest BCUT2D eigenvalue weighted by Gasteiger charge is 2.26. The maximum absolute atomic E-state index is 14.9. The van der Waals surface area contributed by atoms with Crippen LogP contribution in [-0.2, 0) is 0 Å². The largest absolute Gasteiger partial charge is 0.437 e. The molecule has 1 aromatic heterocycles. The summed E-state index contributed by atoms with van der Waals surface area (Å²) in [4.78, 5) is 29.0. The fourth-order valence-corrected chi connectivity index (χ4v) is 4.67. The van der Waals surface area contributed by atoms with Crippen LogP contribution in [0.1, 0.15) is 28.7 Å². The van der Waals surface area contributed by atoms with Crippen LogP contribution in [-0.4, -0.2) is 72.4 Å². The van der Waals surface area contributed by atoms with Crippen LogP contribution < -0.4 is 21.1 Å². The summed E-state index contributed by atoms with van der Waals surface area (Å²) in [6, 6.07) is 8.91. The molecule has 1 atom stereocenters. The van der Waals surface area contributed by atoms with Gasteiger partial charge in [-0.3, -0.25) is 10.1 Å². The van der Waals surface area contributed by atoms with E-state index in [1.165, 1.54) is 12.1 Å². The number of alkyl halides is 1. The minimum Gasteiger partial charge on any atom is -0.437 e. The SMILES string of the molecule is CN1CCN(CCCNC(=O)Nc2snc(OC(F)c3cc4ccccc4cc3F)c2C(N)=O)CC1. The Hall–Kier alpha value is -3.35. The van der Waals surface area contributed by atoms with Crippen molar-refractivity contribution in [1.29, 1.82) is 0 Å². The van der Waals surface area contributed by atoms with Crippen LogP contribution >= 0.6 is 11.5 Å². The number of hydrogen-bond acceptors (Lipinski definition) is 7. The molecule has 4 rings (SSSR count). The van der Waals surface area contributed by atoms with Gasteiger partial charge in [0, 0.05) is 32.7 Å². The van der Waals surface area contributed by atoms with Crippen molar-refractivity contribution < 1.29 is 23.1 Å². The molecule has 1 aliphatic heterocycles. The summed E-state index contributed by atoms with van der Waals surface area (Å²) in [5.41, 5.74) is 4.81. The predicted octanol–water partition coefficient (Wildman–Crippen LogP) is 3.34. The van der Waals surface area contributed by atoms with Crippen molar-refractivity contribution >= 4 is 39.2 Å². The molecule has 0 aliphatic carbocycles. The lowest BCUT2D eigenvalue weighted by atomic mass is 10.1. The zero-order valence-electron chi connectivity index (χ0n) is 19.8. The number of carbonyl (C=O) groups is 2. The van der Waals surface area contributed by atoms with Gasteiger partial charge in [0.1, 0.15) is 16.4 Å². The number of rotatable bonds is 9. The molecule has 1 saturated heterocycles. The number of aromatic nitrogens is 1. The van der Waals surface area contributed by atoms with Gasteiger partial charge < -0.3 is 25.6 Å². The molecular weight excluding hydrogens is 490 g/mol. The first-order valence-electron chi connectivity index (χ1n) is 11.6. The van der Waals surface area contributed by atoms with E-state index in [1.54, 1.807) is 24.3 Å². The van der Waals surface area contributed by atoms with Crippen molar-refractivity contribution in [2.75, 3.05) is 51.6 Å². The van der Waals surface area contributed by atoms with Gasteiger partial charge >= 0.3 is 6.03 Å². The quantitative estimate of drug-likeness (QED) is 0.375. The van der Waals surface area contributed by atoms with Crippen molar-refractivity contribution in [3.05, 3.63) is 53.3 Å². The summed E-state index contributed by atoms with van der Waals surface area (Å²) < 4.78 is 38.5. The van der Waals surface area contributed by atoms with E-state index in [1.807, 2.05) is 0 Å². The average Bonchev–Trinajstić information content (AvgIpc) is 3.24. The van der Waals surface area contributed by atoms with Crippen molar-refractivity contribution in [1.82, 2.24) is 19.5 Å². The minimum absolute atomic E-state index is 0.0141. The van der Waals surface area contributed by atoms with Gasteiger partial charge in [0.2, 0.25) is 5.88 Å². The highest BCUT2D eigenvalue weighted by molar-refractivity contribution is 7.11. The number of nitrogens with one attached hydrogen (secondary N) is 2. The topological polar surface area (TPSA) is 113 Å². The number of benzene rings is 2. The van der Waals surface area contributed by atoms with E-state index < -0.39 is 30.0 Å². The number of ether oxygens (including phenoxy) is 1. The van der Waals surface area contributed by atoms with Crippen LogP contribution in [0.15, 0.2) is 36.4 Å². The van der Waals surface area contributed by atoms with Crippen LogP contribution in [0.25, 0.3) is 10.8 Å². The van der Waals surface area contributed by atoms with Gasteiger partial charge in [0.25, 0.3) is 12.3 Å². The zero-order valence-corrected chi connectivity index (χ0v) is 20.6. The predicted molar refractivity (Wildman–Crippen MR) is 135 cm³/mol. The summed E-state index contributed by atoms with van der Waals surface area (Å²) in [5, 5.41) is 6.48. The second kappa shape index (κ2) is 11.6. The van der Waals surface area contributed by atoms with Crippen molar-refractivity contribution in [3.63, 3.8) is 0 Å². The molecule has 9 nitrogen and oxygen atoms in total. The van der Waals surface area contributed by atoms with Crippen LogP contribution in [0.4, 0.5) is 18.6 Å². The van der Waals surface area contributed by atoms with E-state index in [4.69, 9.17) is 10.5 Å². The smallest absolute Gasteiger partial charge is 0.319 e. The summed E-state index contributed by atoms with van der Waals surface area (Å²) in [5.74, 6) is -2.18. The molecule has 1 unspecified atom stereocenters. The maximum atomic E-state index is 14.9. The van der Waals surface area contributed by atoms with Crippen molar-refractivity contribution in [2.24, 2.45) is 5.73 Å². The third-order valence-corrected chi connectivity index (χ3v) is 6.74. The van der Waals surface area contributed by atoms with Crippen molar-refractivity contribution in [3.8, 4) is 5.88 Å². The molecule has 0 spiro atoms. The number of hydrogen-bond donors (Lipinski definition) is 3. The van der Waals surface area contributed by atoms with Crippen LogP contribution in [0.2, 0.25) is 0 Å². The molecule has 0 radical (unpaired) electrons. The Morgan fingerprint density at radius 2 is 1.89 bits per heavy atom. The van der Waals surface area contributed by atoms with Gasteiger partial charge in [-0.2, -0.15) is 8.76 Å². The first kappa shape index (κ1) is 25.7. The number of likely N-dealkylation sites (N-methyl/N-ethyl adjacent to an activating group) is 1. The second-order valence-electron chi connectivity index (χ2n) is 8.59. The molecule has 4 N–H and O–H groups in total. The molecule has 3 amide bonds. The Morgan fingerprint density at radius 1 is 1.19 bits per heavy atom.